The van der Waals surface area contributed by atoms with Crippen LogP contribution in [0, 0.1) is 18.3 Å². The average molecular weight is 589 g/mol. The Kier molecular flexibility index (Phi) is 8.07. The first kappa shape index (κ1) is 30.0. The van der Waals surface area contributed by atoms with Crippen molar-refractivity contribution in [2.24, 2.45) is 18.4 Å². The Bertz CT molecular complexity index is 1510. The van der Waals surface area contributed by atoms with Gasteiger partial charge in [-0.1, -0.05) is 13.8 Å². The summed E-state index contributed by atoms with van der Waals surface area (Å²) < 4.78 is 37.6. The van der Waals surface area contributed by atoms with Crippen LogP contribution in [0.3, 0.4) is 0 Å². The lowest BCUT2D eigenvalue weighted by Crippen LogP contribution is -2.41. The molecule has 1 saturated heterocycles. The van der Waals surface area contributed by atoms with Crippen LogP contribution in [0.2, 0.25) is 0 Å². The van der Waals surface area contributed by atoms with Crippen LogP contribution in [0.4, 0.5) is 5.82 Å². The zero-order chi connectivity index (χ0) is 28.2. The minimum atomic E-state index is -4.07. The van der Waals surface area contributed by atoms with Crippen LogP contribution in [0.5, 0.6) is 5.88 Å². The number of nitrogens with one attached hydrogen (secondary N) is 1. The maximum absolute atomic E-state index is 13.5. The van der Waals surface area contributed by atoms with E-state index in [2.05, 4.69) is 42.4 Å². The molecular formula is C28H40N6O4S2. The lowest BCUT2D eigenvalue weighted by atomic mass is 9.97. The molecule has 40 heavy (non-hydrogen) atoms. The summed E-state index contributed by atoms with van der Waals surface area (Å²) in [5.74, 6) is 1.13. The van der Waals surface area contributed by atoms with Crippen LogP contribution in [0.25, 0.3) is 5.82 Å². The molecule has 3 aromatic heterocycles. The van der Waals surface area contributed by atoms with E-state index in [4.69, 9.17) is 9.72 Å². The monoisotopic (exact) mass is 588 g/mol. The molecule has 2 fully saturated rings. The maximum Gasteiger partial charge on any atom is 0.268 e. The maximum atomic E-state index is 13.5. The van der Waals surface area contributed by atoms with Crippen LogP contribution in [0.1, 0.15) is 69.3 Å². The van der Waals surface area contributed by atoms with Gasteiger partial charge in [-0.15, -0.1) is 5.10 Å². The summed E-state index contributed by atoms with van der Waals surface area (Å²) in [6, 6.07) is 5.09. The quantitative estimate of drug-likeness (QED) is 0.396. The molecule has 1 atom stereocenters. The third kappa shape index (κ3) is 6.17. The van der Waals surface area contributed by atoms with Crippen molar-refractivity contribution in [1.82, 2.24) is 24.1 Å². The van der Waals surface area contributed by atoms with E-state index in [-0.39, 0.29) is 29.5 Å². The van der Waals surface area contributed by atoms with E-state index in [1.54, 1.807) is 53.8 Å². The van der Waals surface area contributed by atoms with Crippen LogP contribution < -0.4 is 14.4 Å². The molecule has 1 amide bonds. The Morgan fingerprint density at radius 1 is 1.18 bits per heavy atom. The van der Waals surface area contributed by atoms with Crippen molar-refractivity contribution < 1.29 is 17.9 Å². The summed E-state index contributed by atoms with van der Waals surface area (Å²) >= 11 is 0. The molecule has 0 radical (unpaired) electrons. The standard InChI is InChI=1S/C28H38N6O4S.H2S/c1-19-15-27(3,4)33(16-19)25-21(26(35)31-39(36,37)22-18-32(6)17-20(22)2)7-8-23(29-25)34-13-9-24(30-34)38-14-12-28(5)10-11-28;/h7-9,13,17-19H,10-12,14-16H2,1-6H3,(H,31,35);1H2/t19-;/m0./s1. The van der Waals surface area contributed by atoms with Gasteiger partial charge in [0.05, 0.1) is 12.2 Å². The van der Waals surface area contributed by atoms with Crippen molar-refractivity contribution in [3.63, 3.8) is 0 Å². The topological polar surface area (TPSA) is 111 Å². The van der Waals surface area contributed by atoms with Gasteiger partial charge in [-0.3, -0.25) is 4.79 Å². The smallest absolute Gasteiger partial charge is 0.268 e. The van der Waals surface area contributed by atoms with E-state index >= 15 is 0 Å². The van der Waals surface area contributed by atoms with Crippen LogP contribution in [-0.2, 0) is 17.1 Å². The molecule has 1 aliphatic heterocycles. The van der Waals surface area contributed by atoms with E-state index in [1.165, 1.54) is 19.0 Å². The lowest BCUT2D eigenvalue weighted by Gasteiger charge is -2.34. The first-order valence-electron chi connectivity index (χ1n) is 13.4. The highest BCUT2D eigenvalue weighted by molar-refractivity contribution is 7.90. The predicted octanol–water partition coefficient (Wildman–Crippen LogP) is 4.34. The number of carbonyl (C=O) groups excluding carboxylic acids is 1. The summed E-state index contributed by atoms with van der Waals surface area (Å²) in [5, 5.41) is 4.54. The van der Waals surface area contributed by atoms with Crippen molar-refractivity contribution in [1.29, 1.82) is 0 Å². The minimum absolute atomic E-state index is 0. The molecular weight excluding hydrogens is 548 g/mol. The molecule has 5 rings (SSSR count). The molecule has 0 spiro atoms. The van der Waals surface area contributed by atoms with Crippen molar-refractivity contribution >= 4 is 35.2 Å². The van der Waals surface area contributed by atoms with Crippen LogP contribution >= 0.6 is 13.5 Å². The van der Waals surface area contributed by atoms with E-state index in [1.807, 2.05) is 0 Å². The number of ether oxygens (including phenoxy) is 1. The summed E-state index contributed by atoms with van der Waals surface area (Å²) in [5.41, 5.74) is 0.886. The molecule has 12 heteroatoms. The van der Waals surface area contributed by atoms with Gasteiger partial charge in [0.2, 0.25) is 5.88 Å². The highest BCUT2D eigenvalue weighted by atomic mass is 32.2. The van der Waals surface area contributed by atoms with Gasteiger partial charge in [0, 0.05) is 43.8 Å². The predicted molar refractivity (Wildman–Crippen MR) is 159 cm³/mol. The number of sulfonamides is 1. The number of aromatic nitrogens is 4. The summed E-state index contributed by atoms with van der Waals surface area (Å²) in [6.45, 7) is 11.6. The largest absolute Gasteiger partial charge is 0.477 e. The molecule has 1 saturated carbocycles. The molecule has 1 aliphatic carbocycles. The number of rotatable bonds is 9. The number of nitrogens with zero attached hydrogens (tertiary/aromatic N) is 5. The first-order chi connectivity index (χ1) is 18.3. The molecule has 0 unspecified atom stereocenters. The van der Waals surface area contributed by atoms with E-state index in [0.29, 0.717) is 47.6 Å². The fraction of sp³-hybridized carbons (Fsp3) is 0.536. The number of hydrogen-bond donors (Lipinski definition) is 1. The molecule has 1 N–H and O–H groups in total. The third-order valence-corrected chi connectivity index (χ3v) is 9.38. The number of hydrogen-bond acceptors (Lipinski definition) is 7. The number of carbonyl (C=O) groups is 1. The number of pyridine rings is 1. The second kappa shape index (κ2) is 10.8. The first-order valence-corrected chi connectivity index (χ1v) is 14.9. The van der Waals surface area contributed by atoms with Gasteiger partial charge >= 0.3 is 0 Å². The molecule has 4 heterocycles. The summed E-state index contributed by atoms with van der Waals surface area (Å²) in [6.07, 6.45) is 9.37. The van der Waals surface area contributed by atoms with Gasteiger partial charge in [0.25, 0.3) is 15.9 Å². The Hall–Kier alpha value is -2.99. The minimum Gasteiger partial charge on any atom is -0.477 e. The Morgan fingerprint density at radius 2 is 1.90 bits per heavy atom. The van der Waals surface area contributed by atoms with Gasteiger partial charge in [-0.2, -0.15) is 13.5 Å². The Morgan fingerprint density at radius 3 is 2.50 bits per heavy atom. The van der Waals surface area contributed by atoms with Crippen molar-refractivity contribution in [2.45, 2.75) is 70.7 Å². The second-order valence-electron chi connectivity index (χ2n) is 12.2. The van der Waals surface area contributed by atoms with Crippen LogP contribution in [0.15, 0.2) is 41.7 Å². The molecule has 0 bridgehead atoms. The van der Waals surface area contributed by atoms with Gasteiger partial charge in [-0.25, -0.2) is 22.8 Å². The normalized spacial score (nSPS) is 19.2. The lowest BCUT2D eigenvalue weighted by molar-refractivity contribution is 0.0981. The molecule has 218 valence electrons. The van der Waals surface area contributed by atoms with Crippen molar-refractivity contribution in [2.75, 3.05) is 18.1 Å². The van der Waals surface area contributed by atoms with Crippen LogP contribution in [-0.4, -0.2) is 52.3 Å². The molecule has 0 aromatic carbocycles. The van der Waals surface area contributed by atoms with Gasteiger partial charge in [0.1, 0.15) is 10.7 Å². The van der Waals surface area contributed by atoms with Gasteiger partial charge in [-0.05, 0) is 75.5 Å². The number of anilines is 1. The van der Waals surface area contributed by atoms with Crippen molar-refractivity contribution in [3.05, 3.63) is 47.9 Å². The Balaban J connectivity index is 0.00000370. The third-order valence-electron chi connectivity index (χ3n) is 7.92. The zero-order valence-corrected chi connectivity index (χ0v) is 25.9. The Labute approximate surface area is 243 Å². The molecule has 2 aliphatic rings. The highest BCUT2D eigenvalue weighted by Crippen LogP contribution is 2.48. The average Bonchev–Trinajstić information content (AvgIpc) is 3.14. The van der Waals surface area contributed by atoms with Gasteiger partial charge in [0.15, 0.2) is 5.82 Å². The fourth-order valence-electron chi connectivity index (χ4n) is 5.49. The fourth-order valence-corrected chi connectivity index (χ4v) is 6.74. The highest BCUT2D eigenvalue weighted by Gasteiger charge is 2.39. The second-order valence-corrected chi connectivity index (χ2v) is 13.8. The zero-order valence-electron chi connectivity index (χ0n) is 24.1. The summed E-state index contributed by atoms with van der Waals surface area (Å²) in [7, 11) is -2.33. The summed E-state index contributed by atoms with van der Waals surface area (Å²) in [4.78, 5) is 20.5. The van der Waals surface area contributed by atoms with E-state index in [0.717, 1.165) is 12.8 Å². The van der Waals surface area contributed by atoms with Gasteiger partial charge < -0.3 is 14.2 Å². The number of amides is 1. The van der Waals surface area contributed by atoms with E-state index in [9.17, 15) is 13.2 Å². The SMILES string of the molecule is Cc1cn(C)cc1S(=O)(=O)NC(=O)c1ccc(-n2ccc(OCCC3(C)CC3)n2)nc1N1C[C@@H](C)CC1(C)C.S. The van der Waals surface area contributed by atoms with Crippen molar-refractivity contribution in [3.8, 4) is 11.7 Å². The van der Waals surface area contributed by atoms with E-state index < -0.39 is 15.9 Å². The number of aryl methyl sites for hydroxylation is 2. The molecule has 3 aromatic rings. The molecule has 10 nitrogen and oxygen atoms in total.